The fourth-order valence-electron chi connectivity index (χ4n) is 1.69. The van der Waals surface area contributed by atoms with Gasteiger partial charge in [0, 0.05) is 11.9 Å². The first kappa shape index (κ1) is 15.4. The number of anilines is 1. The summed E-state index contributed by atoms with van der Waals surface area (Å²) in [5.74, 6) is -0.648. The molecule has 0 bridgehead atoms. The van der Waals surface area contributed by atoms with Crippen LogP contribution in [0.4, 0.5) is 5.69 Å². The topological polar surface area (TPSA) is 71.3 Å². The standard InChI is InChI=1S/C14H12Cl2N2O3/c1-8(19)17-14(13(20)12-3-2-6-21-12)18-11-5-4-9(15)7-10(11)16/h2-7,14,18H,1H3,(H,17,19)/t14-/m1/s1. The van der Waals surface area contributed by atoms with E-state index >= 15 is 0 Å². The van der Waals surface area contributed by atoms with Crippen molar-refractivity contribution >= 4 is 40.6 Å². The molecular formula is C14H12Cl2N2O3. The number of Topliss-reactive ketones (excluding diaryl/α,β-unsaturated/α-hetero) is 1. The molecule has 0 spiro atoms. The highest BCUT2D eigenvalue weighted by molar-refractivity contribution is 6.36. The zero-order valence-corrected chi connectivity index (χ0v) is 12.5. The van der Waals surface area contributed by atoms with E-state index in [9.17, 15) is 9.59 Å². The SMILES string of the molecule is CC(=O)N[C@H](Nc1ccc(Cl)cc1Cl)C(=O)c1ccco1. The third-order valence-corrected chi connectivity index (χ3v) is 3.15. The lowest BCUT2D eigenvalue weighted by atomic mass is 10.2. The molecule has 1 aromatic carbocycles. The van der Waals surface area contributed by atoms with E-state index in [1.807, 2.05) is 0 Å². The van der Waals surface area contributed by atoms with Gasteiger partial charge in [0.25, 0.3) is 0 Å². The van der Waals surface area contributed by atoms with Gasteiger partial charge in [-0.25, -0.2) is 0 Å². The summed E-state index contributed by atoms with van der Waals surface area (Å²) in [6.07, 6.45) is 0.389. The summed E-state index contributed by atoms with van der Waals surface area (Å²) in [6.45, 7) is 1.31. The molecule has 1 amide bonds. The highest BCUT2D eigenvalue weighted by atomic mass is 35.5. The minimum atomic E-state index is -0.993. The van der Waals surface area contributed by atoms with Crippen LogP contribution in [-0.4, -0.2) is 17.9 Å². The van der Waals surface area contributed by atoms with Crippen molar-refractivity contribution in [1.82, 2.24) is 5.32 Å². The summed E-state index contributed by atoms with van der Waals surface area (Å²) >= 11 is 11.9. The van der Waals surface area contributed by atoms with E-state index in [0.29, 0.717) is 15.7 Å². The number of halogens is 2. The molecule has 2 rings (SSSR count). The molecule has 5 nitrogen and oxygen atoms in total. The van der Waals surface area contributed by atoms with E-state index in [1.165, 1.54) is 25.3 Å². The van der Waals surface area contributed by atoms with Crippen LogP contribution in [0.15, 0.2) is 41.0 Å². The van der Waals surface area contributed by atoms with Gasteiger partial charge in [-0.15, -0.1) is 0 Å². The molecule has 0 aliphatic rings. The van der Waals surface area contributed by atoms with Crippen molar-refractivity contribution in [2.24, 2.45) is 0 Å². The number of benzene rings is 1. The minimum absolute atomic E-state index is 0.131. The van der Waals surface area contributed by atoms with Crippen LogP contribution in [0.5, 0.6) is 0 Å². The second-order valence-electron chi connectivity index (χ2n) is 4.24. The number of amides is 1. The Kier molecular flexibility index (Phi) is 4.88. The largest absolute Gasteiger partial charge is 0.461 e. The fraction of sp³-hybridized carbons (Fsp3) is 0.143. The molecule has 1 atom stereocenters. The van der Waals surface area contributed by atoms with Crippen molar-refractivity contribution in [2.75, 3.05) is 5.32 Å². The molecule has 0 saturated heterocycles. The van der Waals surface area contributed by atoms with Gasteiger partial charge < -0.3 is 15.1 Å². The lowest BCUT2D eigenvalue weighted by Crippen LogP contribution is -2.45. The van der Waals surface area contributed by atoms with Crippen LogP contribution >= 0.6 is 23.2 Å². The Hall–Kier alpha value is -1.98. The normalized spacial score (nSPS) is 11.8. The van der Waals surface area contributed by atoms with Gasteiger partial charge in [0.15, 0.2) is 11.9 Å². The molecule has 0 fully saturated rings. The van der Waals surface area contributed by atoms with Gasteiger partial charge in [-0.1, -0.05) is 23.2 Å². The Labute approximate surface area is 131 Å². The van der Waals surface area contributed by atoms with E-state index in [4.69, 9.17) is 27.6 Å². The van der Waals surface area contributed by atoms with Crippen molar-refractivity contribution < 1.29 is 14.0 Å². The summed E-state index contributed by atoms with van der Waals surface area (Å²) in [5.41, 5.74) is 0.472. The molecule has 110 valence electrons. The monoisotopic (exact) mass is 326 g/mol. The maximum Gasteiger partial charge on any atom is 0.240 e. The van der Waals surface area contributed by atoms with Crippen LogP contribution in [0.25, 0.3) is 0 Å². The van der Waals surface area contributed by atoms with Gasteiger partial charge in [-0.3, -0.25) is 9.59 Å². The van der Waals surface area contributed by atoms with Crippen LogP contribution in [-0.2, 0) is 4.79 Å². The molecule has 0 aliphatic heterocycles. The number of nitrogens with one attached hydrogen (secondary N) is 2. The molecule has 2 aromatic rings. The smallest absolute Gasteiger partial charge is 0.240 e. The highest BCUT2D eigenvalue weighted by Crippen LogP contribution is 2.26. The van der Waals surface area contributed by atoms with Crippen molar-refractivity contribution in [3.8, 4) is 0 Å². The lowest BCUT2D eigenvalue weighted by Gasteiger charge is -2.19. The van der Waals surface area contributed by atoms with Gasteiger partial charge in [0.2, 0.25) is 11.7 Å². The minimum Gasteiger partial charge on any atom is -0.461 e. The molecule has 0 unspecified atom stereocenters. The number of hydrogen-bond acceptors (Lipinski definition) is 4. The van der Waals surface area contributed by atoms with E-state index in [1.54, 1.807) is 18.2 Å². The molecule has 21 heavy (non-hydrogen) atoms. The summed E-state index contributed by atoms with van der Waals surface area (Å²) in [6, 6.07) is 7.89. The highest BCUT2D eigenvalue weighted by Gasteiger charge is 2.23. The molecule has 0 saturated carbocycles. The average molecular weight is 327 g/mol. The van der Waals surface area contributed by atoms with E-state index in [2.05, 4.69) is 10.6 Å². The lowest BCUT2D eigenvalue weighted by molar-refractivity contribution is -0.119. The van der Waals surface area contributed by atoms with Gasteiger partial charge in [0.05, 0.1) is 17.0 Å². The maximum atomic E-state index is 12.3. The van der Waals surface area contributed by atoms with Gasteiger partial charge in [-0.2, -0.15) is 0 Å². The van der Waals surface area contributed by atoms with Crippen LogP contribution in [0.3, 0.4) is 0 Å². The predicted molar refractivity (Wildman–Crippen MR) is 80.7 cm³/mol. The number of carbonyl (C=O) groups is 2. The first-order chi connectivity index (χ1) is 9.97. The Morgan fingerprint density at radius 3 is 2.57 bits per heavy atom. The molecule has 1 heterocycles. The van der Waals surface area contributed by atoms with Crippen LogP contribution < -0.4 is 10.6 Å². The zero-order chi connectivity index (χ0) is 15.4. The first-order valence-electron chi connectivity index (χ1n) is 6.04. The second-order valence-corrected chi connectivity index (χ2v) is 5.09. The number of ketones is 1. The molecular weight excluding hydrogens is 315 g/mol. The fourth-order valence-corrected chi connectivity index (χ4v) is 2.16. The third-order valence-electron chi connectivity index (χ3n) is 2.60. The van der Waals surface area contributed by atoms with Gasteiger partial charge in [-0.05, 0) is 30.3 Å². The summed E-state index contributed by atoms with van der Waals surface area (Å²) < 4.78 is 5.05. The van der Waals surface area contributed by atoms with E-state index < -0.39 is 11.9 Å². The Morgan fingerprint density at radius 2 is 2.00 bits per heavy atom. The zero-order valence-electron chi connectivity index (χ0n) is 11.0. The van der Waals surface area contributed by atoms with Gasteiger partial charge >= 0.3 is 0 Å². The van der Waals surface area contributed by atoms with Crippen molar-refractivity contribution in [1.29, 1.82) is 0 Å². The molecule has 2 N–H and O–H groups in total. The molecule has 1 aromatic heterocycles. The Balaban J connectivity index is 2.24. The van der Waals surface area contributed by atoms with Crippen LogP contribution in [0, 0.1) is 0 Å². The second kappa shape index (κ2) is 6.65. The van der Waals surface area contributed by atoms with E-state index in [0.717, 1.165) is 0 Å². The summed E-state index contributed by atoms with van der Waals surface area (Å²) in [7, 11) is 0. The van der Waals surface area contributed by atoms with E-state index in [-0.39, 0.29) is 11.7 Å². The van der Waals surface area contributed by atoms with Crippen molar-refractivity contribution in [3.63, 3.8) is 0 Å². The molecule has 0 aliphatic carbocycles. The quantitative estimate of drug-likeness (QED) is 0.653. The number of hydrogen-bond donors (Lipinski definition) is 2. The van der Waals surface area contributed by atoms with Crippen molar-refractivity contribution in [2.45, 2.75) is 13.1 Å². The van der Waals surface area contributed by atoms with Gasteiger partial charge in [0.1, 0.15) is 0 Å². The summed E-state index contributed by atoms with van der Waals surface area (Å²) in [5, 5.41) is 6.18. The Bertz CT molecular complexity index is 656. The molecule has 0 radical (unpaired) electrons. The number of furan rings is 1. The van der Waals surface area contributed by atoms with Crippen LogP contribution in [0.2, 0.25) is 10.0 Å². The maximum absolute atomic E-state index is 12.3. The Morgan fingerprint density at radius 1 is 1.24 bits per heavy atom. The first-order valence-corrected chi connectivity index (χ1v) is 6.79. The predicted octanol–water partition coefficient (Wildman–Crippen LogP) is 3.34. The number of rotatable bonds is 5. The molecule has 7 heteroatoms. The number of carbonyl (C=O) groups excluding carboxylic acids is 2. The average Bonchev–Trinajstić information content (AvgIpc) is 2.93. The van der Waals surface area contributed by atoms with Crippen molar-refractivity contribution in [3.05, 3.63) is 52.4 Å². The third kappa shape index (κ3) is 4.00. The van der Waals surface area contributed by atoms with Crippen LogP contribution in [0.1, 0.15) is 17.5 Å². The summed E-state index contributed by atoms with van der Waals surface area (Å²) in [4.78, 5) is 23.6.